The number of nitrogens with zero attached hydrogens (tertiary/aromatic N) is 2. The fraction of sp³-hybridized carbons (Fsp3) is 0.167. The fourth-order valence-electron chi connectivity index (χ4n) is 4.66. The fourth-order valence-corrected chi connectivity index (χ4v) is 4.66. The predicted molar refractivity (Wildman–Crippen MR) is 151 cm³/mol. The summed E-state index contributed by atoms with van der Waals surface area (Å²) in [5, 5.41) is 11.2. The van der Waals surface area contributed by atoms with Crippen LogP contribution in [0.5, 0.6) is 11.5 Å². The minimum Gasteiger partial charge on any atom is -0.457 e. The number of pyridine rings is 1. The summed E-state index contributed by atoms with van der Waals surface area (Å²) in [6.07, 6.45) is 1.57. The number of piperidine rings is 1. The molecule has 6 N–H and O–H groups in total. The maximum Gasteiger partial charge on any atom is 0.251 e. The Balaban J connectivity index is 1.32. The van der Waals surface area contributed by atoms with Crippen molar-refractivity contribution in [2.24, 2.45) is 5.73 Å². The van der Waals surface area contributed by atoms with Crippen LogP contribution >= 0.6 is 0 Å². The zero-order valence-corrected chi connectivity index (χ0v) is 20.9. The summed E-state index contributed by atoms with van der Waals surface area (Å²) in [5.74, 6) is 2.20. The maximum atomic E-state index is 12.5. The number of nitrogens with two attached hydrogens (primary N) is 2. The Morgan fingerprint density at radius 3 is 2.16 bits per heavy atom. The third-order valence-corrected chi connectivity index (χ3v) is 6.64. The predicted octanol–water partition coefficient (Wildman–Crippen LogP) is 4.81. The topological polar surface area (TPSA) is 130 Å². The van der Waals surface area contributed by atoms with Crippen molar-refractivity contribution in [1.29, 1.82) is 5.41 Å². The summed E-state index contributed by atoms with van der Waals surface area (Å²) >= 11 is 0. The number of ether oxygens (including phenoxy) is 1. The van der Waals surface area contributed by atoms with Crippen LogP contribution in [0.2, 0.25) is 0 Å². The second kappa shape index (κ2) is 11.0. The Labute approximate surface area is 221 Å². The lowest BCUT2D eigenvalue weighted by Crippen LogP contribution is -2.45. The molecule has 192 valence electrons. The molecule has 0 unspecified atom stereocenters. The number of nitrogens with one attached hydrogen (secondary N) is 2. The molecule has 8 nitrogen and oxygen atoms in total. The molecule has 0 aliphatic carbocycles. The number of amides is 1. The number of nitrogen functional groups attached to an aromatic ring is 2. The monoisotopic (exact) mass is 506 g/mol. The number of aromatic nitrogens is 1. The van der Waals surface area contributed by atoms with Crippen molar-refractivity contribution >= 4 is 23.4 Å². The minimum absolute atomic E-state index is 0.0563. The van der Waals surface area contributed by atoms with E-state index in [1.807, 2.05) is 91.0 Å². The number of carbonyl (C=O) groups excluding carboxylic acids is 1. The van der Waals surface area contributed by atoms with Gasteiger partial charge in [-0.1, -0.05) is 48.5 Å². The van der Waals surface area contributed by atoms with E-state index in [2.05, 4.69) is 15.2 Å². The lowest BCUT2D eigenvalue weighted by Gasteiger charge is -2.33. The van der Waals surface area contributed by atoms with Gasteiger partial charge in [0.15, 0.2) is 0 Å². The molecule has 0 atom stereocenters. The summed E-state index contributed by atoms with van der Waals surface area (Å²) in [7, 11) is 0. The van der Waals surface area contributed by atoms with Gasteiger partial charge in [0, 0.05) is 24.7 Å². The van der Waals surface area contributed by atoms with Crippen LogP contribution < -0.4 is 26.4 Å². The first-order valence-electron chi connectivity index (χ1n) is 12.6. The largest absolute Gasteiger partial charge is 0.457 e. The SMILES string of the molecule is N=C(N)c1c(-c2ccc(Oc3ccccc3)cc2)cc(N2CCC(NC(=O)c3ccccc3)CC2)nc1N. The van der Waals surface area contributed by atoms with E-state index < -0.39 is 0 Å². The zero-order valence-electron chi connectivity index (χ0n) is 20.9. The van der Waals surface area contributed by atoms with Crippen LogP contribution in [0.1, 0.15) is 28.8 Å². The van der Waals surface area contributed by atoms with Crippen molar-refractivity contribution in [3.8, 4) is 22.6 Å². The summed E-state index contributed by atoms with van der Waals surface area (Å²) in [6.45, 7) is 1.43. The molecule has 5 rings (SSSR count). The summed E-state index contributed by atoms with van der Waals surface area (Å²) in [5.41, 5.74) is 14.9. The van der Waals surface area contributed by atoms with Crippen molar-refractivity contribution < 1.29 is 9.53 Å². The molecule has 0 radical (unpaired) electrons. The summed E-state index contributed by atoms with van der Waals surface area (Å²) in [4.78, 5) is 19.3. The van der Waals surface area contributed by atoms with E-state index in [1.165, 1.54) is 0 Å². The number of hydrogen-bond acceptors (Lipinski definition) is 6. The average molecular weight is 507 g/mol. The number of benzene rings is 3. The first-order chi connectivity index (χ1) is 18.5. The normalized spacial score (nSPS) is 13.6. The molecule has 8 heteroatoms. The van der Waals surface area contributed by atoms with Crippen molar-refractivity contribution in [3.63, 3.8) is 0 Å². The van der Waals surface area contributed by atoms with Gasteiger partial charge in [-0.15, -0.1) is 0 Å². The Morgan fingerprint density at radius 2 is 1.53 bits per heavy atom. The molecule has 1 aromatic heterocycles. The molecular weight excluding hydrogens is 476 g/mol. The van der Waals surface area contributed by atoms with Crippen molar-refractivity contribution in [2.45, 2.75) is 18.9 Å². The highest BCUT2D eigenvalue weighted by atomic mass is 16.5. The van der Waals surface area contributed by atoms with Gasteiger partial charge in [0.1, 0.15) is 29.0 Å². The summed E-state index contributed by atoms with van der Waals surface area (Å²) in [6, 6.07) is 28.4. The molecule has 1 fully saturated rings. The quantitative estimate of drug-likeness (QED) is 0.210. The molecule has 0 saturated carbocycles. The van der Waals surface area contributed by atoms with Gasteiger partial charge in [-0.25, -0.2) is 4.98 Å². The van der Waals surface area contributed by atoms with Crippen LogP contribution in [-0.4, -0.2) is 35.9 Å². The van der Waals surface area contributed by atoms with Crippen molar-refractivity contribution in [2.75, 3.05) is 23.7 Å². The van der Waals surface area contributed by atoms with Gasteiger partial charge in [0.25, 0.3) is 5.91 Å². The number of rotatable bonds is 7. The van der Waals surface area contributed by atoms with Crippen LogP contribution in [-0.2, 0) is 0 Å². The number of anilines is 2. The second-order valence-corrected chi connectivity index (χ2v) is 9.24. The average Bonchev–Trinajstić information content (AvgIpc) is 2.94. The van der Waals surface area contributed by atoms with E-state index >= 15 is 0 Å². The first-order valence-corrected chi connectivity index (χ1v) is 12.6. The molecule has 38 heavy (non-hydrogen) atoms. The van der Waals surface area contributed by atoms with Crippen LogP contribution in [0.15, 0.2) is 91.0 Å². The molecule has 2 heterocycles. The van der Waals surface area contributed by atoms with E-state index in [9.17, 15) is 4.79 Å². The van der Waals surface area contributed by atoms with Gasteiger partial charge in [-0.3, -0.25) is 10.2 Å². The van der Waals surface area contributed by atoms with Gasteiger partial charge in [-0.2, -0.15) is 0 Å². The van der Waals surface area contributed by atoms with Gasteiger partial charge in [0.05, 0.1) is 5.56 Å². The van der Waals surface area contributed by atoms with Crippen LogP contribution in [0.4, 0.5) is 11.6 Å². The number of para-hydroxylation sites is 1. The molecule has 1 amide bonds. The second-order valence-electron chi connectivity index (χ2n) is 9.24. The molecule has 1 aliphatic rings. The molecule has 1 aliphatic heterocycles. The van der Waals surface area contributed by atoms with Crippen LogP contribution in [0, 0.1) is 5.41 Å². The van der Waals surface area contributed by atoms with Crippen LogP contribution in [0.25, 0.3) is 11.1 Å². The number of carbonyl (C=O) groups is 1. The van der Waals surface area contributed by atoms with Crippen LogP contribution in [0.3, 0.4) is 0 Å². The minimum atomic E-state index is -0.136. The molecule has 0 bridgehead atoms. The van der Waals surface area contributed by atoms with E-state index in [-0.39, 0.29) is 23.6 Å². The molecule has 1 saturated heterocycles. The molecular formula is C30H30N6O2. The van der Waals surface area contributed by atoms with Gasteiger partial charge in [-0.05, 0) is 66.4 Å². The summed E-state index contributed by atoms with van der Waals surface area (Å²) < 4.78 is 5.91. The van der Waals surface area contributed by atoms with Gasteiger partial charge >= 0.3 is 0 Å². The Kier molecular flexibility index (Phi) is 7.21. The van der Waals surface area contributed by atoms with Gasteiger partial charge in [0.2, 0.25) is 0 Å². The first kappa shape index (κ1) is 24.8. The van der Waals surface area contributed by atoms with E-state index in [0.29, 0.717) is 16.9 Å². The Hall–Kier alpha value is -4.85. The maximum absolute atomic E-state index is 12.5. The smallest absolute Gasteiger partial charge is 0.251 e. The van der Waals surface area contributed by atoms with E-state index in [4.69, 9.17) is 21.6 Å². The third kappa shape index (κ3) is 5.59. The van der Waals surface area contributed by atoms with Crippen molar-refractivity contribution in [3.05, 3.63) is 102 Å². The van der Waals surface area contributed by atoms with E-state index in [1.54, 1.807) is 0 Å². The molecule has 4 aromatic rings. The van der Waals surface area contributed by atoms with Gasteiger partial charge < -0.3 is 26.4 Å². The standard InChI is InChI=1S/C30H30N6O2/c31-28(32)27-25(20-11-13-24(14-12-20)38-23-9-5-2-6-10-23)19-26(35-29(27)33)36-17-15-22(16-18-36)34-30(37)21-7-3-1-4-8-21/h1-14,19,22H,15-18H2,(H3,31,32)(H2,33,35)(H,34,37). The highest BCUT2D eigenvalue weighted by molar-refractivity contribution is 6.06. The molecule has 0 spiro atoms. The van der Waals surface area contributed by atoms with Crippen molar-refractivity contribution in [1.82, 2.24) is 10.3 Å². The Bertz CT molecular complexity index is 1420. The third-order valence-electron chi connectivity index (χ3n) is 6.64. The van der Waals surface area contributed by atoms with E-state index in [0.717, 1.165) is 48.6 Å². The highest BCUT2D eigenvalue weighted by Crippen LogP contribution is 2.33. The Morgan fingerprint density at radius 1 is 0.921 bits per heavy atom. The molecule has 3 aromatic carbocycles. The zero-order chi connectivity index (χ0) is 26.5. The number of hydrogen-bond donors (Lipinski definition) is 4. The highest BCUT2D eigenvalue weighted by Gasteiger charge is 2.24. The number of amidine groups is 1. The lowest BCUT2D eigenvalue weighted by molar-refractivity contribution is 0.0931. The lowest BCUT2D eigenvalue weighted by atomic mass is 9.98.